The number of nitrogens with zero attached hydrogens (tertiary/aromatic N) is 3. The molecule has 1 aliphatic carbocycles. The first-order valence-corrected chi connectivity index (χ1v) is 4.22. The second-order valence-electron chi connectivity index (χ2n) is 2.52. The van der Waals surface area contributed by atoms with E-state index in [4.69, 9.17) is 0 Å². The molecule has 0 bridgehead atoms. The molecule has 0 saturated carbocycles. The van der Waals surface area contributed by atoms with Gasteiger partial charge in [0.15, 0.2) is 0 Å². The fraction of sp³-hybridized carbons (Fsp3) is 0.714. The van der Waals surface area contributed by atoms with Crippen LogP contribution in [-0.4, -0.2) is 11.5 Å². The molecule has 0 aromatic carbocycles. The molecule has 0 heterocycles. The minimum atomic E-state index is 1.07. The Morgan fingerprint density at radius 3 is 2.91 bits per heavy atom. The Kier molecular flexibility index (Phi) is 3.42. The summed E-state index contributed by atoms with van der Waals surface area (Å²) >= 11 is 4.16. The maximum absolute atomic E-state index is 4.16. The quantitative estimate of drug-likeness (QED) is 0.386. The lowest BCUT2D eigenvalue weighted by Crippen LogP contribution is -2.06. The van der Waals surface area contributed by atoms with Crippen molar-refractivity contribution in [3.63, 3.8) is 0 Å². The molecule has 0 unspecified atom stereocenters. The average Bonchev–Trinajstić information content (AvgIpc) is 2.07. The van der Waals surface area contributed by atoms with E-state index in [1.54, 1.807) is 11.5 Å². The van der Waals surface area contributed by atoms with Crippen molar-refractivity contribution in [1.82, 2.24) is 4.41 Å². The van der Waals surface area contributed by atoms with Crippen LogP contribution in [0, 0.1) is 0 Å². The van der Waals surface area contributed by atoms with Crippen LogP contribution in [0.2, 0.25) is 0 Å². The van der Waals surface area contributed by atoms with Crippen LogP contribution in [0.1, 0.15) is 25.7 Å². The van der Waals surface area contributed by atoms with E-state index < -0.39 is 0 Å². The number of hydrogen-bond acceptors (Lipinski definition) is 3. The predicted octanol–water partition coefficient (Wildman–Crippen LogP) is 2.59. The van der Waals surface area contributed by atoms with Gasteiger partial charge in [0, 0.05) is 5.70 Å². The summed E-state index contributed by atoms with van der Waals surface area (Å²) in [5.74, 6) is 0. The van der Waals surface area contributed by atoms with Gasteiger partial charge in [-0.2, -0.15) is 9.53 Å². The molecule has 0 atom stereocenters. The lowest BCUT2D eigenvalue weighted by Gasteiger charge is -2.17. The molecule has 11 heavy (non-hydrogen) atoms. The van der Waals surface area contributed by atoms with Crippen LogP contribution in [0.3, 0.4) is 0 Å². The molecule has 0 radical (unpaired) electrons. The van der Waals surface area contributed by atoms with Gasteiger partial charge in [-0.25, -0.2) is 0 Å². The molecule has 1 rings (SSSR count). The van der Waals surface area contributed by atoms with E-state index in [0.29, 0.717) is 0 Å². The molecule has 0 amide bonds. The van der Waals surface area contributed by atoms with Gasteiger partial charge in [0.2, 0.25) is 0 Å². The van der Waals surface area contributed by atoms with Crippen molar-refractivity contribution in [3.05, 3.63) is 11.8 Å². The zero-order valence-electron chi connectivity index (χ0n) is 6.69. The first kappa shape index (κ1) is 8.59. The molecule has 62 valence electrons. The van der Waals surface area contributed by atoms with E-state index in [1.807, 2.05) is 0 Å². The molecule has 0 saturated heterocycles. The maximum atomic E-state index is 4.16. The Morgan fingerprint density at radius 2 is 2.36 bits per heavy atom. The summed E-state index contributed by atoms with van der Waals surface area (Å²) in [5.41, 5.74) is 1.17. The first-order valence-electron chi connectivity index (χ1n) is 3.82. The second kappa shape index (κ2) is 4.38. The van der Waals surface area contributed by atoms with Crippen LogP contribution in [0.5, 0.6) is 0 Å². The number of allylic oxidation sites excluding steroid dienone is 2. The number of rotatable bonds is 2. The van der Waals surface area contributed by atoms with Gasteiger partial charge in [-0.15, -0.1) is 0 Å². The second-order valence-corrected chi connectivity index (χ2v) is 2.90. The molecule has 4 heteroatoms. The Labute approximate surface area is 72.7 Å². The van der Waals surface area contributed by atoms with Gasteiger partial charge in [0.1, 0.15) is 0 Å². The molecule has 0 aromatic heterocycles. The average molecular weight is 171 g/mol. The van der Waals surface area contributed by atoms with Gasteiger partial charge in [-0.1, -0.05) is 11.3 Å². The third-order valence-electron chi connectivity index (χ3n) is 1.70. The van der Waals surface area contributed by atoms with Crippen molar-refractivity contribution < 1.29 is 0 Å². The van der Waals surface area contributed by atoms with Crippen LogP contribution < -0.4 is 0 Å². The number of thiol groups is 1. The minimum Gasteiger partial charge on any atom is -0.196 e. The fourth-order valence-electron chi connectivity index (χ4n) is 1.15. The van der Waals surface area contributed by atoms with E-state index in [0.717, 1.165) is 12.8 Å². The standard InChI is InChI=1S/C7H13N3S/c1-8-9-10(11)7-5-3-2-4-6-7/h5,11H,2-4,6H2,1H3/b9-8-. The van der Waals surface area contributed by atoms with Crippen LogP contribution in [-0.2, 0) is 0 Å². The highest BCUT2D eigenvalue weighted by molar-refractivity contribution is 7.77. The predicted molar refractivity (Wildman–Crippen MR) is 48.2 cm³/mol. The van der Waals surface area contributed by atoms with Crippen molar-refractivity contribution in [3.8, 4) is 0 Å². The van der Waals surface area contributed by atoms with Crippen molar-refractivity contribution in [1.29, 1.82) is 0 Å². The Hall–Kier alpha value is -0.510. The molecule has 0 N–H and O–H groups in total. The summed E-state index contributed by atoms with van der Waals surface area (Å²) in [5, 5.41) is 7.45. The fourth-order valence-corrected chi connectivity index (χ4v) is 1.41. The summed E-state index contributed by atoms with van der Waals surface area (Å²) in [6.07, 6.45) is 6.91. The Morgan fingerprint density at radius 1 is 1.55 bits per heavy atom. The van der Waals surface area contributed by atoms with E-state index in [2.05, 4.69) is 29.2 Å². The monoisotopic (exact) mass is 171 g/mol. The number of hydrogen-bond donors (Lipinski definition) is 1. The van der Waals surface area contributed by atoms with Gasteiger partial charge in [-0.3, -0.25) is 0 Å². The SMILES string of the molecule is C/N=N\N(S)C1=CCCCC1. The van der Waals surface area contributed by atoms with E-state index in [1.165, 1.54) is 18.5 Å². The molecule has 0 aromatic rings. The van der Waals surface area contributed by atoms with E-state index >= 15 is 0 Å². The van der Waals surface area contributed by atoms with E-state index in [9.17, 15) is 0 Å². The third-order valence-corrected chi connectivity index (χ3v) is 2.03. The normalized spacial score (nSPS) is 18.5. The molecule has 0 fully saturated rings. The van der Waals surface area contributed by atoms with Gasteiger partial charge < -0.3 is 0 Å². The summed E-state index contributed by atoms with van der Waals surface area (Å²) < 4.78 is 1.55. The minimum absolute atomic E-state index is 1.07. The van der Waals surface area contributed by atoms with Gasteiger partial charge in [0.05, 0.1) is 7.05 Å². The molecule has 3 nitrogen and oxygen atoms in total. The summed E-state index contributed by atoms with van der Waals surface area (Å²) in [6.45, 7) is 0. The van der Waals surface area contributed by atoms with Crippen molar-refractivity contribution in [2.24, 2.45) is 10.3 Å². The Bertz CT molecular complexity index is 177. The molecular weight excluding hydrogens is 158 g/mol. The first-order chi connectivity index (χ1) is 5.34. The topological polar surface area (TPSA) is 28.0 Å². The highest BCUT2D eigenvalue weighted by Gasteiger charge is 2.07. The molecule has 0 aliphatic heterocycles. The van der Waals surface area contributed by atoms with Crippen LogP contribution in [0.15, 0.2) is 22.1 Å². The highest BCUT2D eigenvalue weighted by Crippen LogP contribution is 2.22. The van der Waals surface area contributed by atoms with E-state index in [-0.39, 0.29) is 0 Å². The molecular formula is C7H13N3S. The van der Waals surface area contributed by atoms with Crippen molar-refractivity contribution in [2.75, 3.05) is 7.05 Å². The van der Waals surface area contributed by atoms with Crippen molar-refractivity contribution in [2.45, 2.75) is 25.7 Å². The van der Waals surface area contributed by atoms with Crippen LogP contribution in [0.25, 0.3) is 0 Å². The summed E-state index contributed by atoms with van der Waals surface area (Å²) in [6, 6.07) is 0. The van der Waals surface area contributed by atoms with Gasteiger partial charge in [-0.05, 0) is 38.5 Å². The third kappa shape index (κ3) is 2.54. The van der Waals surface area contributed by atoms with Crippen LogP contribution >= 0.6 is 12.8 Å². The molecule has 0 spiro atoms. The van der Waals surface area contributed by atoms with Gasteiger partial charge in [0.25, 0.3) is 0 Å². The lowest BCUT2D eigenvalue weighted by molar-refractivity contribution is 0.512. The largest absolute Gasteiger partial charge is 0.196 e. The van der Waals surface area contributed by atoms with Crippen molar-refractivity contribution >= 4 is 12.8 Å². The van der Waals surface area contributed by atoms with Crippen LogP contribution in [0.4, 0.5) is 0 Å². The highest BCUT2D eigenvalue weighted by atomic mass is 32.1. The zero-order chi connectivity index (χ0) is 8.10. The zero-order valence-corrected chi connectivity index (χ0v) is 7.59. The smallest absolute Gasteiger partial charge is 0.0509 e. The summed E-state index contributed by atoms with van der Waals surface area (Å²) in [4.78, 5) is 0. The van der Waals surface area contributed by atoms with Gasteiger partial charge >= 0.3 is 0 Å². The molecule has 1 aliphatic rings. The lowest BCUT2D eigenvalue weighted by atomic mass is 10.1. The maximum Gasteiger partial charge on any atom is 0.0509 e. The summed E-state index contributed by atoms with van der Waals surface area (Å²) in [7, 11) is 1.65. The Balaban J connectivity index is 2.50.